The van der Waals surface area contributed by atoms with E-state index in [0.717, 1.165) is 19.6 Å². The quantitative estimate of drug-likeness (QED) is 0.654. The maximum atomic E-state index is 13.6. The summed E-state index contributed by atoms with van der Waals surface area (Å²) in [6, 6.07) is 14.4. The first-order valence-electron chi connectivity index (χ1n) is 9.57. The van der Waals surface area contributed by atoms with Crippen molar-refractivity contribution in [3.8, 4) is 0 Å². The van der Waals surface area contributed by atoms with Crippen molar-refractivity contribution in [1.82, 2.24) is 4.90 Å². The molecular weight excluding hydrogens is 403 g/mol. The number of nitrogens with one attached hydrogen (secondary N) is 1. The zero-order chi connectivity index (χ0) is 20.9. The maximum Gasteiger partial charge on any atom is 0.418 e. The molecule has 1 aliphatic rings. The van der Waals surface area contributed by atoms with E-state index < -0.39 is 17.8 Å². The van der Waals surface area contributed by atoms with Crippen LogP contribution in [0.2, 0.25) is 0 Å². The van der Waals surface area contributed by atoms with Crippen LogP contribution in [-0.2, 0) is 12.7 Å². The van der Waals surface area contributed by atoms with Crippen LogP contribution in [0.15, 0.2) is 48.5 Å². The molecule has 0 radical (unpaired) electrons. The first kappa shape index (κ1) is 21.7. The molecule has 2 N–H and O–H groups in total. The van der Waals surface area contributed by atoms with Gasteiger partial charge in [0.25, 0.3) is 0 Å². The number of halogens is 4. The van der Waals surface area contributed by atoms with Crippen LogP contribution in [0, 0.1) is 0 Å². The minimum Gasteiger partial charge on any atom is -0.390 e. The van der Waals surface area contributed by atoms with Crippen molar-refractivity contribution in [2.75, 3.05) is 48.8 Å². The molecule has 0 saturated carbocycles. The van der Waals surface area contributed by atoms with Crippen LogP contribution in [-0.4, -0.2) is 54.7 Å². The highest BCUT2D eigenvalue weighted by Crippen LogP contribution is 2.37. The Kier molecular flexibility index (Phi) is 7.27. The third kappa shape index (κ3) is 6.01. The molecule has 1 fully saturated rings. The Morgan fingerprint density at radius 1 is 1.03 bits per heavy atom. The molecule has 1 atom stereocenters. The van der Waals surface area contributed by atoms with Crippen LogP contribution in [0.3, 0.4) is 0 Å². The summed E-state index contributed by atoms with van der Waals surface area (Å²) >= 11 is 5.51. The average molecular weight is 428 g/mol. The smallest absolute Gasteiger partial charge is 0.390 e. The Hall–Kier alpha value is -1.96. The molecule has 1 heterocycles. The van der Waals surface area contributed by atoms with Crippen LogP contribution >= 0.6 is 11.6 Å². The highest BCUT2D eigenvalue weighted by molar-refractivity contribution is 6.18. The number of aliphatic hydroxyl groups excluding tert-OH is 1. The van der Waals surface area contributed by atoms with Gasteiger partial charge in [0.1, 0.15) is 0 Å². The van der Waals surface area contributed by atoms with E-state index in [9.17, 15) is 18.3 Å². The van der Waals surface area contributed by atoms with E-state index >= 15 is 0 Å². The fourth-order valence-electron chi connectivity index (χ4n) is 3.41. The van der Waals surface area contributed by atoms with Crippen molar-refractivity contribution < 1.29 is 18.3 Å². The number of alkyl halides is 4. The lowest BCUT2D eigenvalue weighted by molar-refractivity contribution is -0.136. The van der Waals surface area contributed by atoms with E-state index in [2.05, 4.69) is 22.3 Å². The summed E-state index contributed by atoms with van der Waals surface area (Å²) in [6.45, 7) is 3.72. The zero-order valence-electron chi connectivity index (χ0n) is 16.0. The summed E-state index contributed by atoms with van der Waals surface area (Å²) in [4.78, 5) is 4.29. The van der Waals surface area contributed by atoms with Crippen molar-refractivity contribution in [1.29, 1.82) is 0 Å². The molecule has 2 aromatic carbocycles. The lowest BCUT2D eigenvalue weighted by Gasteiger charge is -2.36. The fourth-order valence-corrected chi connectivity index (χ4v) is 3.51. The molecule has 1 unspecified atom stereocenters. The third-order valence-corrected chi connectivity index (χ3v) is 5.36. The molecule has 3 rings (SSSR count). The number of benzene rings is 2. The Labute approximate surface area is 173 Å². The highest BCUT2D eigenvalue weighted by atomic mass is 35.5. The van der Waals surface area contributed by atoms with Gasteiger partial charge in [0.05, 0.1) is 17.5 Å². The van der Waals surface area contributed by atoms with Gasteiger partial charge in [-0.15, -0.1) is 11.6 Å². The van der Waals surface area contributed by atoms with Crippen molar-refractivity contribution in [3.63, 3.8) is 0 Å². The Morgan fingerprint density at radius 3 is 2.34 bits per heavy atom. The van der Waals surface area contributed by atoms with Gasteiger partial charge in [-0.3, -0.25) is 4.90 Å². The molecular formula is C21H25ClF3N3O. The summed E-state index contributed by atoms with van der Waals surface area (Å²) in [6.07, 6.45) is -5.39. The molecule has 0 spiro atoms. The Morgan fingerprint density at radius 2 is 1.72 bits per heavy atom. The second kappa shape index (κ2) is 9.69. The largest absolute Gasteiger partial charge is 0.418 e. The van der Waals surface area contributed by atoms with Crippen molar-refractivity contribution in [2.45, 2.75) is 18.8 Å². The average Bonchev–Trinajstić information content (AvgIpc) is 2.72. The minimum atomic E-state index is -4.49. The number of rotatable bonds is 7. The topological polar surface area (TPSA) is 38.7 Å². The van der Waals surface area contributed by atoms with Gasteiger partial charge in [-0.05, 0) is 23.8 Å². The van der Waals surface area contributed by atoms with E-state index in [-0.39, 0.29) is 18.1 Å². The molecule has 0 bridgehead atoms. The van der Waals surface area contributed by atoms with Gasteiger partial charge < -0.3 is 15.3 Å². The standard InChI is InChI=1S/C21H25ClF3N3O/c22-13-18(29)14-26-20-7-6-17(12-19(20)21(23,24)25)28-10-8-27(9-11-28)15-16-4-2-1-3-5-16/h1-7,12,18,26,29H,8-11,13-15H2. The zero-order valence-corrected chi connectivity index (χ0v) is 16.8. The molecule has 4 nitrogen and oxygen atoms in total. The van der Waals surface area contributed by atoms with Crippen LogP contribution < -0.4 is 10.2 Å². The molecule has 0 aromatic heterocycles. The summed E-state index contributed by atoms with van der Waals surface area (Å²) in [5.74, 6) is -0.0420. The second-order valence-corrected chi connectivity index (χ2v) is 7.47. The van der Waals surface area contributed by atoms with Crippen molar-refractivity contribution in [3.05, 3.63) is 59.7 Å². The van der Waals surface area contributed by atoms with E-state index in [1.165, 1.54) is 17.7 Å². The monoisotopic (exact) mass is 427 g/mol. The highest BCUT2D eigenvalue weighted by Gasteiger charge is 2.34. The molecule has 0 amide bonds. The molecule has 1 saturated heterocycles. The van der Waals surface area contributed by atoms with Gasteiger partial charge in [-0.25, -0.2) is 0 Å². The number of piperazine rings is 1. The van der Waals surface area contributed by atoms with Crippen LogP contribution in [0.5, 0.6) is 0 Å². The summed E-state index contributed by atoms with van der Waals surface area (Å²) in [5.41, 5.74) is 1.01. The van der Waals surface area contributed by atoms with Gasteiger partial charge >= 0.3 is 6.18 Å². The van der Waals surface area contributed by atoms with E-state index in [4.69, 9.17) is 11.6 Å². The molecule has 158 valence electrons. The number of nitrogens with zero attached hydrogens (tertiary/aromatic N) is 2. The normalized spacial score (nSPS) is 16.7. The summed E-state index contributed by atoms with van der Waals surface area (Å²) in [5, 5.41) is 12.2. The summed E-state index contributed by atoms with van der Waals surface area (Å²) in [7, 11) is 0. The second-order valence-electron chi connectivity index (χ2n) is 7.17. The Bertz CT molecular complexity index is 780. The van der Waals surface area contributed by atoms with Gasteiger partial charge in [0.2, 0.25) is 0 Å². The Balaban J connectivity index is 1.66. The van der Waals surface area contributed by atoms with Crippen LogP contribution in [0.4, 0.5) is 24.5 Å². The molecule has 1 aliphatic heterocycles. The van der Waals surface area contributed by atoms with Gasteiger partial charge in [0.15, 0.2) is 0 Å². The van der Waals surface area contributed by atoms with Crippen LogP contribution in [0.1, 0.15) is 11.1 Å². The number of hydrogen-bond acceptors (Lipinski definition) is 4. The SMILES string of the molecule is OC(CCl)CNc1ccc(N2CCN(Cc3ccccc3)CC2)cc1C(F)(F)F. The molecule has 29 heavy (non-hydrogen) atoms. The predicted octanol–water partition coefficient (Wildman–Crippen LogP) is 4.04. The number of aliphatic hydroxyl groups is 1. The third-order valence-electron chi connectivity index (χ3n) is 5.00. The first-order valence-corrected chi connectivity index (χ1v) is 10.1. The van der Waals surface area contributed by atoms with Gasteiger partial charge in [-0.2, -0.15) is 13.2 Å². The molecule has 2 aromatic rings. The molecule has 8 heteroatoms. The van der Waals surface area contributed by atoms with E-state index in [0.29, 0.717) is 18.8 Å². The van der Waals surface area contributed by atoms with E-state index in [1.54, 1.807) is 6.07 Å². The number of hydrogen-bond donors (Lipinski definition) is 2. The lowest BCUT2D eigenvalue weighted by atomic mass is 10.1. The fraction of sp³-hybridized carbons (Fsp3) is 0.429. The first-order chi connectivity index (χ1) is 13.9. The number of anilines is 2. The van der Waals surface area contributed by atoms with Crippen molar-refractivity contribution >= 4 is 23.0 Å². The summed E-state index contributed by atoms with van der Waals surface area (Å²) < 4.78 is 40.7. The van der Waals surface area contributed by atoms with Crippen LogP contribution in [0.25, 0.3) is 0 Å². The van der Waals surface area contributed by atoms with Gasteiger partial charge in [0, 0.05) is 50.6 Å². The predicted molar refractivity (Wildman–Crippen MR) is 111 cm³/mol. The van der Waals surface area contributed by atoms with Crippen molar-refractivity contribution in [2.24, 2.45) is 0 Å². The minimum absolute atomic E-state index is 0.0376. The maximum absolute atomic E-state index is 13.6. The van der Waals surface area contributed by atoms with Gasteiger partial charge in [-0.1, -0.05) is 30.3 Å². The van der Waals surface area contributed by atoms with E-state index in [1.807, 2.05) is 23.1 Å². The molecule has 0 aliphatic carbocycles. The lowest BCUT2D eigenvalue weighted by Crippen LogP contribution is -2.46.